The largest absolute Gasteiger partial charge is 0.327 e. The van der Waals surface area contributed by atoms with Crippen LogP contribution in [0.1, 0.15) is 26.7 Å². The van der Waals surface area contributed by atoms with Gasteiger partial charge in [-0.15, -0.1) is 0 Å². The van der Waals surface area contributed by atoms with Crippen molar-refractivity contribution in [3.05, 3.63) is 0 Å². The second-order valence-electron chi connectivity index (χ2n) is 4.59. The molecule has 0 aliphatic carbocycles. The molecule has 0 spiro atoms. The first-order valence-electron chi connectivity index (χ1n) is 6.06. The predicted octanol–water partition coefficient (Wildman–Crippen LogP) is -0.787. The number of carbonyl (C=O) groups is 2. The first-order chi connectivity index (χ1) is 8.02. The van der Waals surface area contributed by atoms with Gasteiger partial charge in [-0.2, -0.15) is 0 Å². The molecule has 17 heavy (non-hydrogen) atoms. The van der Waals surface area contributed by atoms with Gasteiger partial charge in [0.2, 0.25) is 5.91 Å². The summed E-state index contributed by atoms with van der Waals surface area (Å²) in [6, 6.07) is 0.245. The smallest absolute Gasteiger partial charge is 0.252 e. The number of amides is 2. The number of rotatable bonds is 3. The van der Waals surface area contributed by atoms with Crippen LogP contribution in [0.25, 0.3) is 0 Å². The molecule has 2 amide bonds. The van der Waals surface area contributed by atoms with Crippen LogP contribution in [0.5, 0.6) is 0 Å². The van der Waals surface area contributed by atoms with Crippen molar-refractivity contribution in [1.29, 1.82) is 0 Å². The molecule has 1 aliphatic rings. The van der Waals surface area contributed by atoms with E-state index in [1.54, 1.807) is 0 Å². The van der Waals surface area contributed by atoms with Gasteiger partial charge in [0.25, 0.3) is 5.91 Å². The zero-order chi connectivity index (χ0) is 12.8. The van der Waals surface area contributed by atoms with Gasteiger partial charge in [-0.25, -0.2) is 0 Å². The van der Waals surface area contributed by atoms with E-state index in [0.717, 1.165) is 25.9 Å². The minimum atomic E-state index is -0.273. The van der Waals surface area contributed by atoms with E-state index in [1.165, 1.54) is 6.92 Å². The molecule has 1 aliphatic heterocycles. The van der Waals surface area contributed by atoms with E-state index in [2.05, 4.69) is 22.7 Å². The number of nitrogens with zero attached hydrogens (tertiary/aromatic N) is 1. The monoisotopic (exact) mass is 242 g/mol. The molecule has 98 valence electrons. The Hall–Kier alpha value is -1.14. The van der Waals surface area contributed by atoms with Gasteiger partial charge < -0.3 is 5.73 Å². The molecule has 1 heterocycles. The maximum Gasteiger partial charge on any atom is 0.252 e. The molecule has 4 N–H and O–H groups in total. The second-order valence-corrected chi connectivity index (χ2v) is 4.59. The molecule has 0 saturated carbocycles. The van der Waals surface area contributed by atoms with Crippen molar-refractivity contribution in [2.75, 3.05) is 19.6 Å². The van der Waals surface area contributed by atoms with E-state index in [4.69, 9.17) is 5.73 Å². The summed E-state index contributed by atoms with van der Waals surface area (Å²) in [6.07, 6.45) is 1.96. The van der Waals surface area contributed by atoms with Crippen molar-refractivity contribution >= 4 is 11.8 Å². The van der Waals surface area contributed by atoms with Crippen molar-refractivity contribution in [3.63, 3.8) is 0 Å². The van der Waals surface area contributed by atoms with Crippen LogP contribution < -0.4 is 16.6 Å². The molecule has 0 aromatic carbocycles. The van der Waals surface area contributed by atoms with Crippen LogP contribution in [0.4, 0.5) is 0 Å². The van der Waals surface area contributed by atoms with E-state index >= 15 is 0 Å². The van der Waals surface area contributed by atoms with Gasteiger partial charge in [0, 0.05) is 26.1 Å². The summed E-state index contributed by atoms with van der Waals surface area (Å²) in [6.45, 7) is 5.47. The average Bonchev–Trinajstić information content (AvgIpc) is 2.29. The lowest BCUT2D eigenvalue weighted by molar-refractivity contribution is -0.128. The number of piperidine rings is 1. The van der Waals surface area contributed by atoms with Gasteiger partial charge in [-0.05, 0) is 12.3 Å². The highest BCUT2D eigenvalue weighted by Crippen LogP contribution is 2.17. The summed E-state index contributed by atoms with van der Waals surface area (Å²) in [5.74, 6) is -0.00621. The van der Waals surface area contributed by atoms with Gasteiger partial charge in [-0.1, -0.05) is 13.3 Å². The molecule has 1 fully saturated rings. The normalized spacial score (nSPS) is 25.4. The van der Waals surface area contributed by atoms with Crippen molar-refractivity contribution in [2.24, 2.45) is 11.7 Å². The molecule has 1 saturated heterocycles. The molecule has 0 radical (unpaired) electrons. The Balaban J connectivity index is 2.31. The molecular formula is C11H22N4O2. The summed E-state index contributed by atoms with van der Waals surface area (Å²) >= 11 is 0. The summed E-state index contributed by atoms with van der Waals surface area (Å²) < 4.78 is 0. The maximum absolute atomic E-state index is 11.5. The third kappa shape index (κ3) is 4.70. The average molecular weight is 242 g/mol. The molecule has 6 nitrogen and oxygen atoms in total. The quantitative estimate of drug-likeness (QED) is 0.566. The lowest BCUT2D eigenvalue weighted by Crippen LogP contribution is -2.51. The summed E-state index contributed by atoms with van der Waals surface area (Å²) in [4.78, 5) is 24.2. The Kier molecular flexibility index (Phi) is 5.37. The van der Waals surface area contributed by atoms with Crippen molar-refractivity contribution in [1.82, 2.24) is 15.8 Å². The zero-order valence-corrected chi connectivity index (χ0v) is 10.5. The highest BCUT2D eigenvalue weighted by atomic mass is 16.2. The lowest BCUT2D eigenvalue weighted by Gasteiger charge is -2.36. The van der Waals surface area contributed by atoms with E-state index in [9.17, 15) is 9.59 Å². The van der Waals surface area contributed by atoms with Gasteiger partial charge in [0.05, 0.1) is 6.54 Å². The van der Waals surface area contributed by atoms with Gasteiger partial charge in [-0.3, -0.25) is 25.3 Å². The van der Waals surface area contributed by atoms with Crippen molar-refractivity contribution in [3.8, 4) is 0 Å². The third-order valence-electron chi connectivity index (χ3n) is 3.15. The predicted molar refractivity (Wildman–Crippen MR) is 64.8 cm³/mol. The Bertz CT molecular complexity index is 283. The number of hydrogen-bond donors (Lipinski definition) is 3. The minimum absolute atomic E-state index is 0.189. The number of hydrazine groups is 1. The highest BCUT2D eigenvalue weighted by Gasteiger charge is 2.26. The van der Waals surface area contributed by atoms with E-state index in [-0.39, 0.29) is 17.9 Å². The molecule has 2 atom stereocenters. The topological polar surface area (TPSA) is 87.5 Å². The Morgan fingerprint density at radius 1 is 1.41 bits per heavy atom. The molecule has 6 heteroatoms. The van der Waals surface area contributed by atoms with Crippen LogP contribution in [0.3, 0.4) is 0 Å². The van der Waals surface area contributed by atoms with Crippen molar-refractivity contribution < 1.29 is 9.59 Å². The van der Waals surface area contributed by atoms with Crippen LogP contribution in [0.2, 0.25) is 0 Å². The van der Waals surface area contributed by atoms with Gasteiger partial charge in [0.1, 0.15) is 0 Å². The van der Waals surface area contributed by atoms with E-state index in [1.807, 2.05) is 0 Å². The minimum Gasteiger partial charge on any atom is -0.327 e. The van der Waals surface area contributed by atoms with Crippen LogP contribution in [0.15, 0.2) is 0 Å². The first kappa shape index (κ1) is 13.9. The number of likely N-dealkylation sites (tertiary alicyclic amines) is 1. The van der Waals surface area contributed by atoms with E-state index in [0.29, 0.717) is 12.5 Å². The SMILES string of the molecule is CCC1CN(CC(=O)NNC(C)=O)CCC1N. The van der Waals surface area contributed by atoms with Crippen molar-refractivity contribution in [2.45, 2.75) is 32.7 Å². The fourth-order valence-corrected chi connectivity index (χ4v) is 2.10. The standard InChI is InChI=1S/C11H22N4O2/c1-3-9-6-15(5-4-10(9)12)7-11(17)14-13-8(2)16/h9-10H,3-7,12H2,1-2H3,(H,13,16)(H,14,17). The zero-order valence-electron chi connectivity index (χ0n) is 10.5. The van der Waals surface area contributed by atoms with Gasteiger partial charge in [0.15, 0.2) is 0 Å². The molecule has 0 aromatic heterocycles. The summed E-state index contributed by atoms with van der Waals surface area (Å²) in [5.41, 5.74) is 10.6. The molecular weight excluding hydrogens is 220 g/mol. The molecule has 0 aromatic rings. The fourth-order valence-electron chi connectivity index (χ4n) is 2.10. The lowest BCUT2D eigenvalue weighted by atomic mass is 9.91. The number of nitrogens with two attached hydrogens (primary N) is 1. The second kappa shape index (κ2) is 6.56. The summed E-state index contributed by atoms with van der Waals surface area (Å²) in [5, 5.41) is 0. The molecule has 1 rings (SSSR count). The number of hydrogen-bond acceptors (Lipinski definition) is 4. The fraction of sp³-hybridized carbons (Fsp3) is 0.818. The number of carbonyl (C=O) groups excluding carboxylic acids is 2. The van der Waals surface area contributed by atoms with Crippen LogP contribution in [0, 0.1) is 5.92 Å². The van der Waals surface area contributed by atoms with Gasteiger partial charge >= 0.3 is 0 Å². The van der Waals surface area contributed by atoms with Crippen LogP contribution >= 0.6 is 0 Å². The molecule has 2 unspecified atom stereocenters. The Morgan fingerprint density at radius 2 is 2.12 bits per heavy atom. The molecule has 0 bridgehead atoms. The summed E-state index contributed by atoms with van der Waals surface area (Å²) in [7, 11) is 0. The van der Waals surface area contributed by atoms with E-state index < -0.39 is 0 Å². The maximum atomic E-state index is 11.5. The third-order valence-corrected chi connectivity index (χ3v) is 3.15. The van der Waals surface area contributed by atoms with Crippen LogP contribution in [-0.2, 0) is 9.59 Å². The highest BCUT2D eigenvalue weighted by molar-refractivity contribution is 5.81. The number of nitrogens with one attached hydrogen (secondary N) is 2. The Labute approximate surface area is 102 Å². The first-order valence-corrected chi connectivity index (χ1v) is 6.06. The Morgan fingerprint density at radius 3 is 2.71 bits per heavy atom. The van der Waals surface area contributed by atoms with Crippen LogP contribution in [-0.4, -0.2) is 42.4 Å².